The Labute approximate surface area is 195 Å². The molecule has 0 bridgehead atoms. The summed E-state index contributed by atoms with van der Waals surface area (Å²) in [5.74, 6) is 2.85. The van der Waals surface area contributed by atoms with E-state index in [4.69, 9.17) is 9.73 Å². The van der Waals surface area contributed by atoms with E-state index in [0.717, 1.165) is 63.2 Å². The summed E-state index contributed by atoms with van der Waals surface area (Å²) in [6.45, 7) is 8.08. The Kier molecular flexibility index (Phi) is 7.79. The third-order valence-corrected chi connectivity index (χ3v) is 5.92. The standard InChI is InChI=1S/C25H33N7O/c1-3-24-29-28-20-32(24)14-13-26-25(27-19-21-7-5-4-6-8-21)31-17-15-30(16-18-31)22-9-11-23(33-2)12-10-22/h4-12,20H,3,13-19H2,1-2H3,(H,26,27). The Hall–Kier alpha value is -3.55. The molecule has 1 aromatic heterocycles. The molecular weight excluding hydrogens is 414 g/mol. The quantitative estimate of drug-likeness (QED) is 0.423. The van der Waals surface area contributed by atoms with Gasteiger partial charge in [0.1, 0.15) is 17.9 Å². The van der Waals surface area contributed by atoms with Gasteiger partial charge in [0.25, 0.3) is 0 Å². The predicted molar refractivity (Wildman–Crippen MR) is 132 cm³/mol. The summed E-state index contributed by atoms with van der Waals surface area (Å²) >= 11 is 0. The number of nitrogens with one attached hydrogen (secondary N) is 1. The molecule has 3 aromatic rings. The molecule has 1 N–H and O–H groups in total. The van der Waals surface area contributed by atoms with Crippen LogP contribution in [0, 0.1) is 0 Å². The maximum Gasteiger partial charge on any atom is 0.194 e. The third kappa shape index (κ3) is 6.03. The number of aliphatic imine (C=N–C) groups is 1. The second kappa shape index (κ2) is 11.4. The number of aromatic nitrogens is 3. The highest BCUT2D eigenvalue weighted by Crippen LogP contribution is 2.20. The zero-order valence-electron chi connectivity index (χ0n) is 19.5. The van der Waals surface area contributed by atoms with Gasteiger partial charge in [0.05, 0.1) is 13.7 Å². The van der Waals surface area contributed by atoms with E-state index in [1.807, 2.05) is 18.2 Å². The number of hydrogen-bond acceptors (Lipinski definition) is 5. The Morgan fingerprint density at radius 3 is 2.48 bits per heavy atom. The van der Waals surface area contributed by atoms with Crippen molar-refractivity contribution in [3.63, 3.8) is 0 Å². The third-order valence-electron chi connectivity index (χ3n) is 5.92. The molecule has 33 heavy (non-hydrogen) atoms. The SMILES string of the molecule is CCc1nncn1CCNC(=NCc1ccccc1)N1CCN(c2ccc(OC)cc2)CC1. The van der Waals surface area contributed by atoms with Crippen LogP contribution in [0.3, 0.4) is 0 Å². The molecule has 0 radical (unpaired) electrons. The Bertz CT molecular complexity index is 1010. The number of hydrogen-bond donors (Lipinski definition) is 1. The van der Waals surface area contributed by atoms with Crippen LogP contribution in [0.25, 0.3) is 0 Å². The van der Waals surface area contributed by atoms with E-state index in [9.17, 15) is 0 Å². The van der Waals surface area contributed by atoms with Crippen LogP contribution in [0.2, 0.25) is 0 Å². The highest BCUT2D eigenvalue weighted by Gasteiger charge is 2.20. The van der Waals surface area contributed by atoms with Gasteiger partial charge >= 0.3 is 0 Å². The molecule has 1 aliphatic rings. The van der Waals surface area contributed by atoms with E-state index in [-0.39, 0.29) is 0 Å². The van der Waals surface area contributed by atoms with Gasteiger partial charge in [0.2, 0.25) is 0 Å². The number of ether oxygens (including phenoxy) is 1. The van der Waals surface area contributed by atoms with E-state index in [0.29, 0.717) is 6.54 Å². The van der Waals surface area contributed by atoms with Gasteiger partial charge in [0.15, 0.2) is 5.96 Å². The molecule has 2 aromatic carbocycles. The first-order valence-electron chi connectivity index (χ1n) is 11.6. The molecule has 1 saturated heterocycles. The van der Waals surface area contributed by atoms with Crippen LogP contribution in [-0.4, -0.2) is 65.5 Å². The zero-order valence-corrected chi connectivity index (χ0v) is 19.5. The first kappa shape index (κ1) is 22.6. The van der Waals surface area contributed by atoms with Crippen molar-refractivity contribution in [1.82, 2.24) is 25.0 Å². The molecule has 0 atom stereocenters. The summed E-state index contributed by atoms with van der Waals surface area (Å²) in [5.41, 5.74) is 2.44. The van der Waals surface area contributed by atoms with Crippen molar-refractivity contribution in [1.29, 1.82) is 0 Å². The fourth-order valence-corrected chi connectivity index (χ4v) is 4.01. The van der Waals surface area contributed by atoms with Crippen LogP contribution < -0.4 is 15.0 Å². The van der Waals surface area contributed by atoms with E-state index in [1.165, 1.54) is 11.3 Å². The lowest BCUT2D eigenvalue weighted by Crippen LogP contribution is -2.53. The summed E-state index contributed by atoms with van der Waals surface area (Å²) in [6, 6.07) is 18.7. The Morgan fingerprint density at radius 1 is 1.03 bits per heavy atom. The number of rotatable bonds is 8. The van der Waals surface area contributed by atoms with Crippen LogP contribution in [0.15, 0.2) is 65.9 Å². The van der Waals surface area contributed by atoms with Crippen LogP contribution in [0.1, 0.15) is 18.3 Å². The molecule has 174 valence electrons. The lowest BCUT2D eigenvalue weighted by atomic mass is 10.2. The van der Waals surface area contributed by atoms with E-state index < -0.39 is 0 Å². The molecule has 0 amide bonds. The number of benzene rings is 2. The highest BCUT2D eigenvalue weighted by atomic mass is 16.5. The van der Waals surface area contributed by atoms with Gasteiger partial charge in [-0.3, -0.25) is 0 Å². The van der Waals surface area contributed by atoms with Crippen LogP contribution in [0.4, 0.5) is 5.69 Å². The summed E-state index contributed by atoms with van der Waals surface area (Å²) in [4.78, 5) is 9.72. The van der Waals surface area contributed by atoms with E-state index in [2.05, 4.69) is 73.2 Å². The van der Waals surface area contributed by atoms with Crippen molar-refractivity contribution in [2.75, 3.05) is 44.7 Å². The minimum Gasteiger partial charge on any atom is -0.497 e. The van der Waals surface area contributed by atoms with Crippen molar-refractivity contribution in [3.8, 4) is 5.75 Å². The number of anilines is 1. The Balaban J connectivity index is 1.39. The second-order valence-electron chi connectivity index (χ2n) is 8.02. The highest BCUT2D eigenvalue weighted by molar-refractivity contribution is 5.80. The maximum absolute atomic E-state index is 5.29. The minimum absolute atomic E-state index is 0.661. The predicted octanol–water partition coefficient (Wildman–Crippen LogP) is 2.82. The zero-order chi connectivity index (χ0) is 22.9. The second-order valence-corrected chi connectivity index (χ2v) is 8.02. The smallest absolute Gasteiger partial charge is 0.194 e. The van der Waals surface area contributed by atoms with Crippen molar-refractivity contribution in [2.24, 2.45) is 4.99 Å². The minimum atomic E-state index is 0.661. The fourth-order valence-electron chi connectivity index (χ4n) is 4.01. The van der Waals surface area contributed by atoms with Crippen molar-refractivity contribution < 1.29 is 4.74 Å². The number of methoxy groups -OCH3 is 1. The molecule has 0 unspecified atom stereocenters. The molecule has 8 heteroatoms. The van der Waals surface area contributed by atoms with Gasteiger partial charge < -0.3 is 24.4 Å². The van der Waals surface area contributed by atoms with Gasteiger partial charge in [0, 0.05) is 51.4 Å². The molecule has 0 spiro atoms. The summed E-state index contributed by atoms with van der Waals surface area (Å²) in [7, 11) is 1.70. The lowest BCUT2D eigenvalue weighted by Gasteiger charge is -2.38. The number of guanidine groups is 1. The van der Waals surface area contributed by atoms with Crippen LogP contribution >= 0.6 is 0 Å². The van der Waals surface area contributed by atoms with Crippen molar-refractivity contribution in [3.05, 3.63) is 72.3 Å². The molecule has 1 fully saturated rings. The molecule has 2 heterocycles. The maximum atomic E-state index is 5.29. The average molecular weight is 448 g/mol. The monoisotopic (exact) mass is 447 g/mol. The fraction of sp³-hybridized carbons (Fsp3) is 0.400. The Morgan fingerprint density at radius 2 is 1.79 bits per heavy atom. The summed E-state index contributed by atoms with van der Waals surface area (Å²) in [6.07, 6.45) is 2.68. The van der Waals surface area contributed by atoms with E-state index >= 15 is 0 Å². The van der Waals surface area contributed by atoms with Crippen LogP contribution in [0.5, 0.6) is 5.75 Å². The van der Waals surface area contributed by atoms with Gasteiger partial charge in [-0.05, 0) is 29.8 Å². The summed E-state index contributed by atoms with van der Waals surface area (Å²) < 4.78 is 7.39. The summed E-state index contributed by atoms with van der Waals surface area (Å²) in [5, 5.41) is 11.8. The number of piperazine rings is 1. The van der Waals surface area contributed by atoms with Crippen molar-refractivity contribution in [2.45, 2.75) is 26.4 Å². The molecule has 4 rings (SSSR count). The van der Waals surface area contributed by atoms with Gasteiger partial charge in [-0.2, -0.15) is 0 Å². The normalized spacial score (nSPS) is 14.4. The van der Waals surface area contributed by atoms with Gasteiger partial charge in [-0.25, -0.2) is 4.99 Å². The molecule has 0 saturated carbocycles. The van der Waals surface area contributed by atoms with Gasteiger partial charge in [-0.1, -0.05) is 37.3 Å². The molecule has 1 aliphatic heterocycles. The molecular formula is C25H33N7O. The largest absolute Gasteiger partial charge is 0.497 e. The first-order valence-corrected chi connectivity index (χ1v) is 11.6. The first-order chi connectivity index (χ1) is 16.3. The molecule has 0 aliphatic carbocycles. The topological polar surface area (TPSA) is 70.8 Å². The lowest BCUT2D eigenvalue weighted by molar-refractivity contribution is 0.370. The van der Waals surface area contributed by atoms with Crippen LogP contribution in [-0.2, 0) is 19.5 Å². The number of nitrogens with zero attached hydrogens (tertiary/aromatic N) is 6. The average Bonchev–Trinajstić information content (AvgIpc) is 3.34. The van der Waals surface area contributed by atoms with Crippen molar-refractivity contribution >= 4 is 11.6 Å². The molecule has 8 nitrogen and oxygen atoms in total. The van der Waals surface area contributed by atoms with E-state index in [1.54, 1.807) is 13.4 Å². The van der Waals surface area contributed by atoms with Gasteiger partial charge in [-0.15, -0.1) is 10.2 Å². The number of aryl methyl sites for hydroxylation is 1.